The monoisotopic (exact) mass is 483 g/mol. The van der Waals surface area contributed by atoms with E-state index in [4.69, 9.17) is 9.73 Å². The molecule has 5 aromatic rings. The number of ether oxygens (including phenoxy) is 1. The van der Waals surface area contributed by atoms with Crippen molar-refractivity contribution in [2.75, 3.05) is 7.05 Å². The van der Waals surface area contributed by atoms with Gasteiger partial charge in [0.1, 0.15) is 23.9 Å². The molecule has 182 valence electrons. The highest BCUT2D eigenvalue weighted by Crippen LogP contribution is 2.46. The summed E-state index contributed by atoms with van der Waals surface area (Å²) in [5.74, 6) is 2.25. The fourth-order valence-electron chi connectivity index (χ4n) is 5.85. The Morgan fingerprint density at radius 1 is 0.757 bits per heavy atom. The van der Waals surface area contributed by atoms with Crippen molar-refractivity contribution in [1.82, 2.24) is 9.47 Å². The molecule has 3 heterocycles. The van der Waals surface area contributed by atoms with E-state index in [0.29, 0.717) is 5.92 Å². The Bertz CT molecular complexity index is 1700. The van der Waals surface area contributed by atoms with Crippen LogP contribution < -0.4 is 4.74 Å². The van der Waals surface area contributed by atoms with Gasteiger partial charge < -0.3 is 9.64 Å². The Morgan fingerprint density at radius 2 is 1.46 bits per heavy atom. The molecule has 0 aliphatic carbocycles. The lowest BCUT2D eigenvalue weighted by atomic mass is 9.97. The minimum Gasteiger partial charge on any atom is -0.488 e. The molecule has 0 spiro atoms. The maximum Gasteiger partial charge on any atom is 0.149 e. The van der Waals surface area contributed by atoms with E-state index >= 15 is 0 Å². The van der Waals surface area contributed by atoms with Gasteiger partial charge in [-0.2, -0.15) is 0 Å². The van der Waals surface area contributed by atoms with Crippen LogP contribution in [-0.4, -0.2) is 28.5 Å². The number of hydrogen-bond donors (Lipinski definition) is 0. The normalized spacial score (nSPS) is 21.1. The molecule has 4 heteroatoms. The van der Waals surface area contributed by atoms with Crippen molar-refractivity contribution in [3.63, 3.8) is 0 Å². The van der Waals surface area contributed by atoms with Crippen molar-refractivity contribution in [2.45, 2.75) is 32.0 Å². The second-order valence-corrected chi connectivity index (χ2v) is 10.1. The predicted octanol–water partition coefficient (Wildman–Crippen LogP) is 7.61. The Balaban J connectivity index is 1.55. The lowest BCUT2D eigenvalue weighted by Gasteiger charge is -2.34. The summed E-state index contributed by atoms with van der Waals surface area (Å²) < 4.78 is 8.85. The first-order valence-corrected chi connectivity index (χ1v) is 13.0. The van der Waals surface area contributed by atoms with Crippen LogP contribution in [0.2, 0.25) is 0 Å². The number of benzene rings is 4. The minimum atomic E-state index is -0.150. The standard InChI is InChI=1S/C33H29N3O/c1-21-22(2)37-32-25(21)18-19-27-26-16-10-11-17-28(26)36(31(27)32)30-20-29(23-12-6-4-7-13-23)35(3)33(34-30)24-14-8-5-9-15-24/h4-22,33H,1-3H3. The van der Waals surface area contributed by atoms with E-state index < -0.39 is 0 Å². The minimum absolute atomic E-state index is 0.138. The number of rotatable bonds is 2. The van der Waals surface area contributed by atoms with Crippen molar-refractivity contribution < 1.29 is 4.74 Å². The zero-order valence-corrected chi connectivity index (χ0v) is 21.3. The second kappa shape index (κ2) is 8.38. The van der Waals surface area contributed by atoms with E-state index in [2.05, 4.69) is 134 Å². The highest BCUT2D eigenvalue weighted by molar-refractivity contribution is 6.19. The van der Waals surface area contributed by atoms with Gasteiger partial charge in [-0.25, -0.2) is 4.99 Å². The molecule has 3 atom stereocenters. The Morgan fingerprint density at radius 3 is 2.24 bits per heavy atom. The summed E-state index contributed by atoms with van der Waals surface area (Å²) >= 11 is 0. The summed E-state index contributed by atoms with van der Waals surface area (Å²) in [5.41, 5.74) is 6.98. The van der Waals surface area contributed by atoms with Crippen LogP contribution in [0.4, 0.5) is 0 Å². The first kappa shape index (κ1) is 21.9. The number of hydrogen-bond acceptors (Lipinski definition) is 3. The summed E-state index contributed by atoms with van der Waals surface area (Å²) in [7, 11) is 2.13. The molecule has 0 bridgehead atoms. The zero-order valence-electron chi connectivity index (χ0n) is 21.3. The zero-order chi connectivity index (χ0) is 25.1. The van der Waals surface area contributed by atoms with Crippen molar-refractivity contribution in [1.29, 1.82) is 0 Å². The van der Waals surface area contributed by atoms with Gasteiger partial charge in [-0.15, -0.1) is 0 Å². The number of fused-ring (bicyclic) bond motifs is 5. The topological polar surface area (TPSA) is 29.8 Å². The van der Waals surface area contributed by atoms with Crippen LogP contribution in [0.5, 0.6) is 5.75 Å². The molecule has 0 N–H and O–H groups in total. The van der Waals surface area contributed by atoms with E-state index in [0.717, 1.165) is 33.9 Å². The molecule has 0 saturated heterocycles. The smallest absolute Gasteiger partial charge is 0.149 e. The van der Waals surface area contributed by atoms with Gasteiger partial charge in [0.15, 0.2) is 0 Å². The fourth-order valence-corrected chi connectivity index (χ4v) is 5.85. The van der Waals surface area contributed by atoms with E-state index in [9.17, 15) is 0 Å². The molecule has 2 aliphatic rings. The number of para-hydroxylation sites is 1. The maximum atomic E-state index is 6.53. The quantitative estimate of drug-likeness (QED) is 0.259. The molecule has 7 rings (SSSR count). The van der Waals surface area contributed by atoms with Crippen LogP contribution in [0.1, 0.15) is 42.6 Å². The van der Waals surface area contributed by atoms with Gasteiger partial charge in [-0.05, 0) is 24.1 Å². The first-order chi connectivity index (χ1) is 18.1. The Labute approximate surface area is 217 Å². The average Bonchev–Trinajstić information content (AvgIpc) is 3.44. The third-order valence-corrected chi connectivity index (χ3v) is 7.98. The van der Waals surface area contributed by atoms with Gasteiger partial charge >= 0.3 is 0 Å². The summed E-state index contributed by atoms with van der Waals surface area (Å²) in [4.78, 5) is 7.66. The molecule has 37 heavy (non-hydrogen) atoms. The summed E-state index contributed by atoms with van der Waals surface area (Å²) in [6, 6.07) is 34.3. The molecule has 3 unspecified atom stereocenters. The lowest BCUT2D eigenvalue weighted by Crippen LogP contribution is -2.29. The van der Waals surface area contributed by atoms with Gasteiger partial charge in [-0.3, -0.25) is 4.57 Å². The van der Waals surface area contributed by atoms with E-state index in [1.54, 1.807) is 0 Å². The van der Waals surface area contributed by atoms with Crippen LogP contribution in [-0.2, 0) is 0 Å². The summed E-state index contributed by atoms with van der Waals surface area (Å²) in [6.07, 6.45) is 2.21. The highest BCUT2D eigenvalue weighted by Gasteiger charge is 2.33. The van der Waals surface area contributed by atoms with Gasteiger partial charge in [0, 0.05) is 41.1 Å². The SMILES string of the molecule is CC1Oc2c(ccc3c4ccccc4n(C4=NC(c5ccccc5)N(C)C(c5ccccc5)=C4)c23)C1C. The van der Waals surface area contributed by atoms with Crippen LogP contribution >= 0.6 is 0 Å². The lowest BCUT2D eigenvalue weighted by molar-refractivity contribution is 0.234. The second-order valence-electron chi connectivity index (χ2n) is 10.1. The van der Waals surface area contributed by atoms with Crippen LogP contribution in [0.3, 0.4) is 0 Å². The molecule has 1 aromatic heterocycles. The molecule has 4 aromatic carbocycles. The fraction of sp³-hybridized carbons (Fsp3) is 0.182. The number of nitrogens with zero attached hydrogens (tertiary/aromatic N) is 3. The van der Waals surface area contributed by atoms with E-state index in [1.807, 2.05) is 0 Å². The van der Waals surface area contributed by atoms with Crippen LogP contribution in [0, 0.1) is 0 Å². The number of aliphatic imine (C=N–C) groups is 1. The maximum absolute atomic E-state index is 6.53. The largest absolute Gasteiger partial charge is 0.488 e. The van der Waals surface area contributed by atoms with Gasteiger partial charge in [0.25, 0.3) is 0 Å². The average molecular weight is 484 g/mol. The van der Waals surface area contributed by atoms with Crippen molar-refractivity contribution in [2.24, 2.45) is 4.99 Å². The van der Waals surface area contributed by atoms with Gasteiger partial charge in [0.2, 0.25) is 0 Å². The molecule has 0 amide bonds. The van der Waals surface area contributed by atoms with Gasteiger partial charge in [0.05, 0.1) is 11.0 Å². The molecule has 0 saturated carbocycles. The van der Waals surface area contributed by atoms with Crippen molar-refractivity contribution in [3.8, 4) is 5.75 Å². The first-order valence-electron chi connectivity index (χ1n) is 13.0. The van der Waals surface area contributed by atoms with Crippen molar-refractivity contribution >= 4 is 33.3 Å². The number of allylic oxidation sites excluding steroid dienone is 1. The summed E-state index contributed by atoms with van der Waals surface area (Å²) in [5, 5.41) is 2.41. The van der Waals surface area contributed by atoms with Crippen molar-refractivity contribution in [3.05, 3.63) is 120 Å². The third kappa shape index (κ3) is 3.32. The molecular formula is C33H29N3O. The van der Waals surface area contributed by atoms with E-state index in [1.165, 1.54) is 21.9 Å². The molecule has 2 aliphatic heterocycles. The van der Waals surface area contributed by atoms with E-state index in [-0.39, 0.29) is 12.3 Å². The Kier molecular flexibility index (Phi) is 4.97. The van der Waals surface area contributed by atoms with Crippen LogP contribution in [0.25, 0.3) is 27.5 Å². The molecule has 4 nitrogen and oxygen atoms in total. The molecule has 0 fully saturated rings. The number of aromatic nitrogens is 1. The third-order valence-electron chi connectivity index (χ3n) is 7.98. The molecular weight excluding hydrogens is 454 g/mol. The van der Waals surface area contributed by atoms with Crippen LogP contribution in [0.15, 0.2) is 108 Å². The summed E-state index contributed by atoms with van der Waals surface area (Å²) in [6.45, 7) is 4.41. The highest BCUT2D eigenvalue weighted by atomic mass is 16.5. The molecule has 0 radical (unpaired) electrons. The van der Waals surface area contributed by atoms with Gasteiger partial charge in [-0.1, -0.05) is 97.9 Å². The predicted molar refractivity (Wildman–Crippen MR) is 152 cm³/mol. The Hall–Kier alpha value is -4.31.